The second kappa shape index (κ2) is 6.38. The van der Waals surface area contributed by atoms with Crippen LogP contribution in [0.15, 0.2) is 12.1 Å². The van der Waals surface area contributed by atoms with Crippen LogP contribution in [-0.4, -0.2) is 6.04 Å². The summed E-state index contributed by atoms with van der Waals surface area (Å²) in [5.74, 6) is 0.722. The molecule has 0 radical (unpaired) electrons. The minimum Gasteiger partial charge on any atom is -0.307 e. The molecule has 0 bridgehead atoms. The molecule has 1 rings (SSSR count). The standard InChI is InChI=1S/C17H29N/c1-8-11(2)15(6)18-16(7)17-10-13(4)12(3)9-14(17)5/h9-11,15-16,18H,8H2,1-7H3. The van der Waals surface area contributed by atoms with E-state index >= 15 is 0 Å². The molecule has 102 valence electrons. The summed E-state index contributed by atoms with van der Waals surface area (Å²) in [5, 5.41) is 3.73. The monoisotopic (exact) mass is 247 g/mol. The van der Waals surface area contributed by atoms with Crippen molar-refractivity contribution >= 4 is 0 Å². The topological polar surface area (TPSA) is 12.0 Å². The summed E-state index contributed by atoms with van der Waals surface area (Å²) >= 11 is 0. The lowest BCUT2D eigenvalue weighted by Crippen LogP contribution is -2.34. The molecule has 0 fully saturated rings. The largest absolute Gasteiger partial charge is 0.307 e. The minimum absolute atomic E-state index is 0.424. The average Bonchev–Trinajstić information content (AvgIpc) is 2.32. The number of nitrogens with one attached hydrogen (secondary N) is 1. The summed E-state index contributed by atoms with van der Waals surface area (Å²) < 4.78 is 0. The zero-order valence-electron chi connectivity index (χ0n) is 13.1. The van der Waals surface area contributed by atoms with Gasteiger partial charge in [-0.05, 0) is 62.8 Å². The van der Waals surface area contributed by atoms with E-state index in [1.54, 1.807) is 0 Å². The maximum atomic E-state index is 3.73. The van der Waals surface area contributed by atoms with E-state index in [9.17, 15) is 0 Å². The van der Waals surface area contributed by atoms with Gasteiger partial charge in [0.25, 0.3) is 0 Å². The molecule has 0 aliphatic carbocycles. The van der Waals surface area contributed by atoms with Crippen LogP contribution < -0.4 is 5.32 Å². The summed E-state index contributed by atoms with van der Waals surface area (Å²) in [6.45, 7) is 15.7. The highest BCUT2D eigenvalue weighted by atomic mass is 14.9. The molecule has 0 saturated heterocycles. The Kier molecular flexibility index (Phi) is 5.40. The van der Waals surface area contributed by atoms with Crippen LogP contribution in [0.4, 0.5) is 0 Å². The molecule has 0 aliphatic rings. The van der Waals surface area contributed by atoms with Gasteiger partial charge in [0.2, 0.25) is 0 Å². The molecule has 18 heavy (non-hydrogen) atoms. The first kappa shape index (κ1) is 15.2. The molecule has 0 saturated carbocycles. The Morgan fingerprint density at radius 3 is 2.06 bits per heavy atom. The van der Waals surface area contributed by atoms with E-state index in [2.05, 4.69) is 65.9 Å². The third-order valence-electron chi connectivity index (χ3n) is 4.36. The van der Waals surface area contributed by atoms with Gasteiger partial charge in [0.1, 0.15) is 0 Å². The van der Waals surface area contributed by atoms with E-state index in [1.807, 2.05) is 0 Å². The van der Waals surface area contributed by atoms with Crippen molar-refractivity contribution in [2.75, 3.05) is 0 Å². The fourth-order valence-electron chi connectivity index (χ4n) is 2.45. The Morgan fingerprint density at radius 1 is 0.944 bits per heavy atom. The normalized spacial score (nSPS) is 16.4. The third kappa shape index (κ3) is 3.58. The smallest absolute Gasteiger partial charge is 0.0297 e. The molecule has 1 heteroatoms. The first-order chi connectivity index (χ1) is 8.36. The van der Waals surface area contributed by atoms with Gasteiger partial charge in [-0.3, -0.25) is 0 Å². The molecule has 1 nitrogen and oxygen atoms in total. The van der Waals surface area contributed by atoms with Crippen LogP contribution in [0, 0.1) is 26.7 Å². The van der Waals surface area contributed by atoms with Crippen molar-refractivity contribution < 1.29 is 0 Å². The Bertz CT molecular complexity index is 395. The fourth-order valence-corrected chi connectivity index (χ4v) is 2.45. The van der Waals surface area contributed by atoms with Crippen LogP contribution in [0.25, 0.3) is 0 Å². The van der Waals surface area contributed by atoms with Gasteiger partial charge >= 0.3 is 0 Å². The fraction of sp³-hybridized carbons (Fsp3) is 0.647. The molecule has 3 unspecified atom stereocenters. The predicted octanol–water partition coefficient (Wildman–Crippen LogP) is 4.70. The zero-order valence-corrected chi connectivity index (χ0v) is 13.1. The van der Waals surface area contributed by atoms with E-state index in [0.717, 1.165) is 5.92 Å². The van der Waals surface area contributed by atoms with E-state index in [-0.39, 0.29) is 0 Å². The highest BCUT2D eigenvalue weighted by molar-refractivity contribution is 5.38. The molecule has 0 spiro atoms. The summed E-state index contributed by atoms with van der Waals surface area (Å²) in [7, 11) is 0. The number of benzene rings is 1. The van der Waals surface area contributed by atoms with E-state index < -0.39 is 0 Å². The Morgan fingerprint density at radius 2 is 1.50 bits per heavy atom. The van der Waals surface area contributed by atoms with Crippen LogP contribution in [-0.2, 0) is 0 Å². The molecular formula is C17H29N. The van der Waals surface area contributed by atoms with Gasteiger partial charge in [-0.15, -0.1) is 0 Å². The average molecular weight is 247 g/mol. The van der Waals surface area contributed by atoms with Gasteiger partial charge in [-0.2, -0.15) is 0 Å². The lowest BCUT2D eigenvalue weighted by atomic mass is 9.94. The van der Waals surface area contributed by atoms with Crippen molar-refractivity contribution in [3.05, 3.63) is 34.4 Å². The predicted molar refractivity (Wildman–Crippen MR) is 81.1 cm³/mol. The van der Waals surface area contributed by atoms with Gasteiger partial charge in [0.05, 0.1) is 0 Å². The number of rotatable bonds is 5. The molecule has 3 atom stereocenters. The highest BCUT2D eigenvalue weighted by Crippen LogP contribution is 2.23. The summed E-state index contributed by atoms with van der Waals surface area (Å²) in [4.78, 5) is 0. The van der Waals surface area contributed by atoms with Gasteiger partial charge in [0.15, 0.2) is 0 Å². The van der Waals surface area contributed by atoms with Crippen molar-refractivity contribution in [1.29, 1.82) is 0 Å². The molecule has 0 amide bonds. The number of hydrogen-bond donors (Lipinski definition) is 1. The van der Waals surface area contributed by atoms with Crippen LogP contribution in [0.1, 0.15) is 62.4 Å². The Hall–Kier alpha value is -0.820. The lowest BCUT2D eigenvalue weighted by Gasteiger charge is -2.26. The van der Waals surface area contributed by atoms with Crippen LogP contribution in [0.2, 0.25) is 0 Å². The first-order valence-electron chi connectivity index (χ1n) is 7.20. The molecule has 1 N–H and O–H groups in total. The maximum absolute atomic E-state index is 3.73. The van der Waals surface area contributed by atoms with Crippen molar-refractivity contribution in [1.82, 2.24) is 5.32 Å². The third-order valence-corrected chi connectivity index (χ3v) is 4.36. The van der Waals surface area contributed by atoms with Crippen LogP contribution in [0.5, 0.6) is 0 Å². The summed E-state index contributed by atoms with van der Waals surface area (Å²) in [5.41, 5.74) is 5.61. The number of hydrogen-bond acceptors (Lipinski definition) is 1. The van der Waals surface area contributed by atoms with Gasteiger partial charge in [0, 0.05) is 12.1 Å². The van der Waals surface area contributed by atoms with Gasteiger partial charge < -0.3 is 5.32 Å². The second-order valence-corrected chi connectivity index (χ2v) is 5.86. The summed E-state index contributed by atoms with van der Waals surface area (Å²) in [6, 6.07) is 5.63. The van der Waals surface area contributed by atoms with Crippen molar-refractivity contribution in [2.45, 2.75) is 67.0 Å². The number of aryl methyl sites for hydroxylation is 3. The van der Waals surface area contributed by atoms with Crippen molar-refractivity contribution in [3.63, 3.8) is 0 Å². The van der Waals surface area contributed by atoms with Crippen molar-refractivity contribution in [2.24, 2.45) is 5.92 Å². The van der Waals surface area contributed by atoms with Gasteiger partial charge in [-0.1, -0.05) is 32.4 Å². The lowest BCUT2D eigenvalue weighted by molar-refractivity contribution is 0.359. The second-order valence-electron chi connectivity index (χ2n) is 5.86. The van der Waals surface area contributed by atoms with Crippen molar-refractivity contribution in [3.8, 4) is 0 Å². The maximum Gasteiger partial charge on any atom is 0.0297 e. The molecule has 1 aromatic rings. The Labute approximate surface area is 113 Å². The van der Waals surface area contributed by atoms with E-state index in [4.69, 9.17) is 0 Å². The molecule has 1 aromatic carbocycles. The molecular weight excluding hydrogens is 218 g/mol. The highest BCUT2D eigenvalue weighted by Gasteiger charge is 2.15. The van der Waals surface area contributed by atoms with E-state index in [1.165, 1.54) is 28.7 Å². The zero-order chi connectivity index (χ0) is 13.9. The Balaban J connectivity index is 2.84. The summed E-state index contributed by atoms with van der Waals surface area (Å²) in [6.07, 6.45) is 1.23. The van der Waals surface area contributed by atoms with Gasteiger partial charge in [-0.25, -0.2) is 0 Å². The SMILES string of the molecule is CCC(C)C(C)NC(C)c1cc(C)c(C)cc1C. The van der Waals surface area contributed by atoms with Crippen LogP contribution >= 0.6 is 0 Å². The van der Waals surface area contributed by atoms with Crippen LogP contribution in [0.3, 0.4) is 0 Å². The minimum atomic E-state index is 0.424. The molecule has 0 heterocycles. The first-order valence-corrected chi connectivity index (χ1v) is 7.20. The molecule has 0 aliphatic heterocycles. The quantitative estimate of drug-likeness (QED) is 0.795. The van der Waals surface area contributed by atoms with E-state index in [0.29, 0.717) is 12.1 Å². The molecule has 0 aromatic heterocycles.